The lowest BCUT2D eigenvalue weighted by atomic mass is 10.1. The first-order chi connectivity index (χ1) is 8.16. The maximum absolute atomic E-state index is 11.8. The molecule has 17 heavy (non-hydrogen) atoms. The molecule has 90 valence electrons. The van der Waals surface area contributed by atoms with Crippen LogP contribution in [0.3, 0.4) is 0 Å². The average Bonchev–Trinajstić information content (AvgIpc) is 2.83. The van der Waals surface area contributed by atoms with E-state index in [1.165, 1.54) is 6.92 Å². The number of ketones is 1. The third kappa shape index (κ3) is 2.84. The zero-order valence-electron chi connectivity index (χ0n) is 9.90. The lowest BCUT2D eigenvalue weighted by Gasteiger charge is -2.16. The first kappa shape index (κ1) is 11.6. The van der Waals surface area contributed by atoms with Gasteiger partial charge in [-0.3, -0.25) is 4.79 Å². The lowest BCUT2D eigenvalue weighted by Crippen LogP contribution is -2.32. The third-order valence-electron chi connectivity index (χ3n) is 2.94. The Morgan fingerprint density at radius 3 is 2.24 bits per heavy atom. The summed E-state index contributed by atoms with van der Waals surface area (Å²) in [7, 11) is 0. The minimum atomic E-state index is -0.0573. The Labute approximate surface area is 101 Å². The second-order valence-electron chi connectivity index (χ2n) is 4.26. The highest BCUT2D eigenvalue weighted by Gasteiger charge is 2.17. The van der Waals surface area contributed by atoms with Crippen LogP contribution in [0.4, 0.5) is 10.5 Å². The van der Waals surface area contributed by atoms with Gasteiger partial charge in [0.15, 0.2) is 5.78 Å². The smallest absolute Gasteiger partial charge is 0.321 e. The number of rotatable bonds is 2. The van der Waals surface area contributed by atoms with E-state index >= 15 is 0 Å². The van der Waals surface area contributed by atoms with Gasteiger partial charge in [-0.25, -0.2) is 4.79 Å². The van der Waals surface area contributed by atoms with E-state index in [4.69, 9.17) is 0 Å². The van der Waals surface area contributed by atoms with E-state index in [1.807, 2.05) is 0 Å². The zero-order valence-corrected chi connectivity index (χ0v) is 9.90. The van der Waals surface area contributed by atoms with Crippen molar-refractivity contribution in [1.82, 2.24) is 4.90 Å². The number of nitrogens with zero attached hydrogens (tertiary/aromatic N) is 1. The van der Waals surface area contributed by atoms with Crippen molar-refractivity contribution in [3.8, 4) is 0 Å². The normalized spacial score (nSPS) is 14.8. The molecular formula is C13H16N2O2. The van der Waals surface area contributed by atoms with Crippen molar-refractivity contribution in [3.05, 3.63) is 29.8 Å². The monoisotopic (exact) mass is 232 g/mol. The summed E-state index contributed by atoms with van der Waals surface area (Å²) in [6.07, 6.45) is 2.16. The number of benzene rings is 1. The quantitative estimate of drug-likeness (QED) is 0.796. The van der Waals surface area contributed by atoms with E-state index in [1.54, 1.807) is 29.2 Å². The molecule has 0 radical (unpaired) electrons. The molecule has 2 amide bonds. The van der Waals surface area contributed by atoms with Crippen LogP contribution >= 0.6 is 0 Å². The number of nitrogens with one attached hydrogen (secondary N) is 1. The van der Waals surface area contributed by atoms with E-state index in [0.717, 1.165) is 31.6 Å². The summed E-state index contributed by atoms with van der Waals surface area (Å²) in [5, 5.41) is 2.83. The molecule has 1 fully saturated rings. The van der Waals surface area contributed by atoms with Crippen LogP contribution in [0.2, 0.25) is 0 Å². The van der Waals surface area contributed by atoms with Crippen molar-refractivity contribution in [2.45, 2.75) is 19.8 Å². The molecule has 0 bridgehead atoms. The molecule has 1 N–H and O–H groups in total. The molecule has 4 nitrogen and oxygen atoms in total. The number of anilines is 1. The molecule has 0 unspecified atom stereocenters. The first-order valence-corrected chi connectivity index (χ1v) is 5.84. The average molecular weight is 232 g/mol. The van der Waals surface area contributed by atoms with Crippen LogP contribution in [0.15, 0.2) is 24.3 Å². The Balaban J connectivity index is 1.98. The molecule has 0 saturated carbocycles. The van der Waals surface area contributed by atoms with Gasteiger partial charge in [0, 0.05) is 24.3 Å². The van der Waals surface area contributed by atoms with E-state index in [2.05, 4.69) is 5.32 Å². The standard InChI is InChI=1S/C13H16N2O2/c1-10(16)11-4-6-12(7-5-11)14-13(17)15-8-2-3-9-15/h4-7H,2-3,8-9H2,1H3,(H,14,17). The molecule has 1 aliphatic rings. The minimum Gasteiger partial charge on any atom is -0.325 e. The number of amides is 2. The predicted octanol–water partition coefficient (Wildman–Crippen LogP) is 2.52. The Morgan fingerprint density at radius 2 is 1.71 bits per heavy atom. The summed E-state index contributed by atoms with van der Waals surface area (Å²) >= 11 is 0. The molecule has 0 aromatic heterocycles. The Bertz CT molecular complexity index is 420. The molecule has 0 atom stereocenters. The van der Waals surface area contributed by atoms with Gasteiger partial charge in [0.25, 0.3) is 0 Å². The van der Waals surface area contributed by atoms with Gasteiger partial charge in [-0.2, -0.15) is 0 Å². The van der Waals surface area contributed by atoms with Crippen LogP contribution < -0.4 is 5.32 Å². The fourth-order valence-electron chi connectivity index (χ4n) is 1.91. The van der Waals surface area contributed by atoms with E-state index in [0.29, 0.717) is 5.56 Å². The maximum atomic E-state index is 11.8. The molecular weight excluding hydrogens is 216 g/mol. The Kier molecular flexibility index (Phi) is 3.42. The van der Waals surface area contributed by atoms with Crippen molar-refractivity contribution in [2.24, 2.45) is 0 Å². The number of carbonyl (C=O) groups excluding carboxylic acids is 2. The van der Waals surface area contributed by atoms with Gasteiger partial charge in [-0.05, 0) is 44.0 Å². The van der Waals surface area contributed by atoms with E-state index < -0.39 is 0 Å². The lowest BCUT2D eigenvalue weighted by molar-refractivity contribution is 0.101. The van der Waals surface area contributed by atoms with Crippen LogP contribution in [-0.4, -0.2) is 29.8 Å². The molecule has 4 heteroatoms. The van der Waals surface area contributed by atoms with Gasteiger partial charge in [0.1, 0.15) is 0 Å². The summed E-state index contributed by atoms with van der Waals surface area (Å²) in [4.78, 5) is 24.7. The SMILES string of the molecule is CC(=O)c1ccc(NC(=O)N2CCCC2)cc1. The number of carbonyl (C=O) groups is 2. The topological polar surface area (TPSA) is 49.4 Å². The molecule has 0 spiro atoms. The number of hydrogen-bond acceptors (Lipinski definition) is 2. The second-order valence-corrected chi connectivity index (χ2v) is 4.26. The molecule has 0 aliphatic carbocycles. The maximum Gasteiger partial charge on any atom is 0.321 e. The number of urea groups is 1. The van der Waals surface area contributed by atoms with Crippen molar-refractivity contribution in [3.63, 3.8) is 0 Å². The Hall–Kier alpha value is -1.84. The van der Waals surface area contributed by atoms with Crippen LogP contribution in [0.25, 0.3) is 0 Å². The first-order valence-electron chi connectivity index (χ1n) is 5.84. The molecule has 1 aromatic rings. The van der Waals surface area contributed by atoms with Gasteiger partial charge in [0.05, 0.1) is 0 Å². The van der Waals surface area contributed by atoms with Gasteiger partial charge >= 0.3 is 6.03 Å². The van der Waals surface area contributed by atoms with Crippen LogP contribution in [-0.2, 0) is 0 Å². The number of Topliss-reactive ketones (excluding diaryl/α,β-unsaturated/α-hetero) is 1. The van der Waals surface area contributed by atoms with Crippen molar-refractivity contribution < 1.29 is 9.59 Å². The van der Waals surface area contributed by atoms with Gasteiger partial charge in [-0.1, -0.05) is 0 Å². The second kappa shape index (κ2) is 4.99. The van der Waals surface area contributed by atoms with Crippen molar-refractivity contribution in [1.29, 1.82) is 0 Å². The summed E-state index contributed by atoms with van der Waals surface area (Å²) in [6, 6.07) is 6.90. The van der Waals surface area contributed by atoms with Crippen LogP contribution in [0, 0.1) is 0 Å². The summed E-state index contributed by atoms with van der Waals surface area (Å²) in [6.45, 7) is 3.19. The predicted molar refractivity (Wildman–Crippen MR) is 66.3 cm³/mol. The molecule has 1 aromatic carbocycles. The highest BCUT2D eigenvalue weighted by molar-refractivity contribution is 5.95. The molecule has 1 saturated heterocycles. The fourth-order valence-corrected chi connectivity index (χ4v) is 1.91. The fraction of sp³-hybridized carbons (Fsp3) is 0.385. The van der Waals surface area contributed by atoms with E-state index in [9.17, 15) is 9.59 Å². The van der Waals surface area contributed by atoms with Gasteiger partial charge in [-0.15, -0.1) is 0 Å². The summed E-state index contributed by atoms with van der Waals surface area (Å²) in [5.74, 6) is 0.0300. The Morgan fingerprint density at radius 1 is 1.12 bits per heavy atom. The van der Waals surface area contributed by atoms with E-state index in [-0.39, 0.29) is 11.8 Å². The van der Waals surface area contributed by atoms with Gasteiger partial charge in [0.2, 0.25) is 0 Å². The van der Waals surface area contributed by atoms with Gasteiger partial charge < -0.3 is 10.2 Å². The van der Waals surface area contributed by atoms with Crippen LogP contribution in [0.1, 0.15) is 30.1 Å². The highest BCUT2D eigenvalue weighted by atomic mass is 16.2. The van der Waals surface area contributed by atoms with Crippen molar-refractivity contribution in [2.75, 3.05) is 18.4 Å². The molecule has 1 heterocycles. The highest BCUT2D eigenvalue weighted by Crippen LogP contribution is 2.13. The number of likely N-dealkylation sites (tertiary alicyclic amines) is 1. The van der Waals surface area contributed by atoms with Crippen LogP contribution in [0.5, 0.6) is 0 Å². The summed E-state index contributed by atoms with van der Waals surface area (Å²) in [5.41, 5.74) is 1.39. The minimum absolute atomic E-state index is 0.0300. The zero-order chi connectivity index (χ0) is 12.3. The number of hydrogen-bond donors (Lipinski definition) is 1. The molecule has 1 aliphatic heterocycles. The van der Waals surface area contributed by atoms with Crippen molar-refractivity contribution >= 4 is 17.5 Å². The summed E-state index contributed by atoms with van der Waals surface area (Å²) < 4.78 is 0. The molecule has 2 rings (SSSR count). The third-order valence-corrected chi connectivity index (χ3v) is 2.94. The largest absolute Gasteiger partial charge is 0.325 e.